The van der Waals surface area contributed by atoms with Crippen molar-refractivity contribution in [2.24, 2.45) is 5.92 Å². The molecule has 1 saturated carbocycles. The van der Waals surface area contributed by atoms with Gasteiger partial charge in [-0.2, -0.15) is 13.2 Å². The van der Waals surface area contributed by atoms with Gasteiger partial charge in [-0.25, -0.2) is 14.2 Å². The van der Waals surface area contributed by atoms with Crippen LogP contribution in [0.3, 0.4) is 0 Å². The van der Waals surface area contributed by atoms with Gasteiger partial charge >= 0.3 is 12.3 Å². The van der Waals surface area contributed by atoms with Crippen LogP contribution in [-0.2, 0) is 15.7 Å². The van der Waals surface area contributed by atoms with E-state index < -0.39 is 68.9 Å². The number of anilines is 3. The highest BCUT2D eigenvalue weighted by molar-refractivity contribution is 6.53. The molecule has 1 aliphatic rings. The van der Waals surface area contributed by atoms with E-state index in [0.717, 1.165) is 6.07 Å². The molecule has 2 aromatic carbocycles. The summed E-state index contributed by atoms with van der Waals surface area (Å²) in [7, 11) is 0. The van der Waals surface area contributed by atoms with Crippen LogP contribution >= 0.6 is 46.4 Å². The van der Waals surface area contributed by atoms with Gasteiger partial charge in [0.2, 0.25) is 5.91 Å². The summed E-state index contributed by atoms with van der Waals surface area (Å²) in [5.74, 6) is -5.05. The highest BCUT2D eigenvalue weighted by Gasteiger charge is 2.67. The van der Waals surface area contributed by atoms with E-state index in [2.05, 4.69) is 20.9 Å². The molecule has 1 aliphatic carbocycles. The van der Waals surface area contributed by atoms with Crippen molar-refractivity contribution in [1.29, 1.82) is 0 Å². The second kappa shape index (κ2) is 12.2. The van der Waals surface area contributed by atoms with Gasteiger partial charge in [0.25, 0.3) is 5.91 Å². The SMILES string of the molecule is CC(C)(C)OC(=O)Nc1cc(C(F)(F)F)cc(NC(=O)c2cc(NC(=O)C3C(c4ccc(F)c(Cl)c4)C3(Cl)Cl)ccc2Cl)n1. The summed E-state index contributed by atoms with van der Waals surface area (Å²) in [6, 6.07) is 8.80. The fraction of sp³-hybridized carbons (Fsp3) is 0.286. The first-order valence-corrected chi connectivity index (χ1v) is 14.1. The number of hydrogen-bond acceptors (Lipinski definition) is 5. The number of rotatable bonds is 6. The molecule has 1 aromatic heterocycles. The second-order valence-electron chi connectivity index (χ2n) is 10.7. The number of amides is 3. The van der Waals surface area contributed by atoms with E-state index in [0.29, 0.717) is 17.7 Å². The lowest BCUT2D eigenvalue weighted by atomic mass is 10.1. The van der Waals surface area contributed by atoms with E-state index in [4.69, 9.17) is 51.1 Å². The van der Waals surface area contributed by atoms with Crippen LogP contribution in [0, 0.1) is 11.7 Å². The fourth-order valence-corrected chi connectivity index (χ4v) is 5.41. The zero-order valence-corrected chi connectivity index (χ0v) is 25.9. The molecule has 0 saturated heterocycles. The van der Waals surface area contributed by atoms with Crippen molar-refractivity contribution >= 4 is 81.6 Å². The number of alkyl halides is 5. The Labute approximate surface area is 268 Å². The monoisotopic (exact) mass is 694 g/mol. The van der Waals surface area contributed by atoms with Gasteiger partial charge in [-0.05, 0) is 68.8 Å². The van der Waals surface area contributed by atoms with E-state index >= 15 is 0 Å². The minimum Gasteiger partial charge on any atom is -0.444 e. The summed E-state index contributed by atoms with van der Waals surface area (Å²) in [4.78, 5) is 42.1. The lowest BCUT2D eigenvalue weighted by Gasteiger charge is -2.20. The largest absolute Gasteiger partial charge is 0.444 e. The number of aromatic nitrogens is 1. The molecular weight excluding hydrogens is 674 g/mol. The Hall–Kier alpha value is -3.32. The first-order valence-electron chi connectivity index (χ1n) is 12.6. The van der Waals surface area contributed by atoms with Crippen molar-refractivity contribution in [3.05, 3.63) is 81.1 Å². The van der Waals surface area contributed by atoms with Crippen molar-refractivity contribution in [3.8, 4) is 0 Å². The van der Waals surface area contributed by atoms with Crippen LogP contribution in [0.5, 0.6) is 0 Å². The maximum absolute atomic E-state index is 13.6. The average molecular weight is 696 g/mol. The van der Waals surface area contributed by atoms with E-state index in [1.165, 1.54) is 30.3 Å². The van der Waals surface area contributed by atoms with Crippen LogP contribution in [0.25, 0.3) is 0 Å². The number of ether oxygens (including phenoxy) is 1. The number of hydrogen-bond donors (Lipinski definition) is 3. The molecule has 0 radical (unpaired) electrons. The molecule has 3 amide bonds. The Balaban J connectivity index is 1.53. The number of nitrogens with zero attached hydrogens (tertiary/aromatic N) is 1. The maximum atomic E-state index is 13.6. The summed E-state index contributed by atoms with van der Waals surface area (Å²) >= 11 is 24.7. The second-order valence-corrected chi connectivity index (χ2v) is 13.0. The molecule has 0 spiro atoms. The van der Waals surface area contributed by atoms with Gasteiger partial charge in [0.1, 0.15) is 27.4 Å². The van der Waals surface area contributed by atoms with Crippen molar-refractivity contribution in [2.75, 3.05) is 16.0 Å². The molecular formula is C28H22Cl4F4N4O4. The van der Waals surface area contributed by atoms with Gasteiger partial charge in [0.15, 0.2) is 0 Å². The van der Waals surface area contributed by atoms with Crippen LogP contribution in [0.15, 0.2) is 48.5 Å². The Bertz CT molecular complexity index is 1650. The number of halogens is 8. The molecule has 2 atom stereocenters. The zero-order chi connectivity index (χ0) is 32.8. The van der Waals surface area contributed by atoms with Crippen LogP contribution in [0.1, 0.15) is 48.2 Å². The quantitative estimate of drug-likeness (QED) is 0.177. The molecule has 4 rings (SSSR count). The molecule has 3 aromatic rings. The third-order valence-corrected chi connectivity index (χ3v) is 7.70. The molecule has 16 heteroatoms. The number of benzene rings is 2. The summed E-state index contributed by atoms with van der Waals surface area (Å²) in [6.07, 6.45) is -5.92. The highest BCUT2D eigenvalue weighted by atomic mass is 35.5. The van der Waals surface area contributed by atoms with E-state index in [9.17, 15) is 31.9 Å². The van der Waals surface area contributed by atoms with Gasteiger partial charge in [0, 0.05) is 11.6 Å². The third kappa shape index (κ3) is 7.84. The summed E-state index contributed by atoms with van der Waals surface area (Å²) in [5, 5.41) is 6.62. The lowest BCUT2D eigenvalue weighted by Crippen LogP contribution is -2.27. The van der Waals surface area contributed by atoms with Gasteiger partial charge in [-0.1, -0.05) is 29.3 Å². The third-order valence-electron chi connectivity index (χ3n) is 6.14. The Morgan fingerprint density at radius 3 is 2.11 bits per heavy atom. The van der Waals surface area contributed by atoms with Crippen molar-refractivity contribution in [2.45, 2.75) is 42.8 Å². The zero-order valence-electron chi connectivity index (χ0n) is 22.9. The number of carbonyl (C=O) groups excluding carboxylic acids is 3. The first kappa shape index (κ1) is 33.6. The van der Waals surface area contributed by atoms with Crippen LogP contribution < -0.4 is 16.0 Å². The highest BCUT2D eigenvalue weighted by Crippen LogP contribution is 2.65. The van der Waals surface area contributed by atoms with Gasteiger partial charge in [0.05, 0.1) is 27.1 Å². The van der Waals surface area contributed by atoms with Crippen LogP contribution in [0.4, 0.5) is 39.7 Å². The van der Waals surface area contributed by atoms with Gasteiger partial charge < -0.3 is 15.4 Å². The maximum Gasteiger partial charge on any atom is 0.416 e. The smallest absolute Gasteiger partial charge is 0.416 e. The minimum absolute atomic E-state index is 0.0840. The topological polar surface area (TPSA) is 109 Å². The summed E-state index contributed by atoms with van der Waals surface area (Å²) in [5.41, 5.74) is -1.86. The van der Waals surface area contributed by atoms with Crippen molar-refractivity contribution in [3.63, 3.8) is 0 Å². The number of pyridine rings is 1. The lowest BCUT2D eigenvalue weighted by molar-refractivity contribution is -0.137. The average Bonchev–Trinajstić information content (AvgIpc) is 3.46. The predicted molar refractivity (Wildman–Crippen MR) is 159 cm³/mol. The molecule has 0 bridgehead atoms. The Morgan fingerprint density at radius 1 is 0.886 bits per heavy atom. The minimum atomic E-state index is -4.85. The van der Waals surface area contributed by atoms with Crippen molar-refractivity contribution in [1.82, 2.24) is 4.98 Å². The summed E-state index contributed by atoms with van der Waals surface area (Å²) < 4.78 is 57.8. The van der Waals surface area contributed by atoms with Crippen LogP contribution in [0.2, 0.25) is 10.0 Å². The van der Waals surface area contributed by atoms with E-state index in [-0.39, 0.29) is 21.3 Å². The van der Waals surface area contributed by atoms with E-state index in [1.54, 1.807) is 20.8 Å². The molecule has 0 aliphatic heterocycles. The van der Waals surface area contributed by atoms with E-state index in [1.807, 2.05) is 0 Å². The molecule has 1 fully saturated rings. The molecule has 234 valence electrons. The summed E-state index contributed by atoms with van der Waals surface area (Å²) in [6.45, 7) is 4.68. The standard InChI is InChI=1S/C28H22Cl4F4N4O4/c1-26(2,3)44-25(43)40-20-10-13(28(34,35)36)9-19(38-20)39-23(41)15-11-14(5-6-16(15)29)37-24(42)22-21(27(22,31)32)12-4-7-18(33)17(30)8-12/h4-11,21-22H,1-3H3,(H,37,42)(H2,38,39,40,41,43). The molecule has 1 heterocycles. The number of carbonyl (C=O) groups is 3. The Kier molecular flexibility index (Phi) is 9.33. The molecule has 2 unspecified atom stereocenters. The molecule has 3 N–H and O–H groups in total. The number of nitrogens with one attached hydrogen (secondary N) is 3. The fourth-order valence-electron chi connectivity index (χ4n) is 4.18. The van der Waals surface area contributed by atoms with Crippen LogP contribution in [-0.4, -0.2) is 32.8 Å². The Morgan fingerprint density at radius 2 is 1.52 bits per heavy atom. The van der Waals surface area contributed by atoms with Crippen molar-refractivity contribution < 1.29 is 36.7 Å². The molecule has 44 heavy (non-hydrogen) atoms. The van der Waals surface area contributed by atoms with Gasteiger partial charge in [-0.15, -0.1) is 23.2 Å². The predicted octanol–water partition coefficient (Wildman–Crippen LogP) is 8.67. The molecule has 8 nitrogen and oxygen atoms in total. The normalized spacial score (nSPS) is 17.4. The van der Waals surface area contributed by atoms with Gasteiger partial charge in [-0.3, -0.25) is 14.9 Å². The first-order chi connectivity index (χ1) is 20.3.